The van der Waals surface area contributed by atoms with Crippen molar-refractivity contribution >= 4 is 21.7 Å². The van der Waals surface area contributed by atoms with Crippen LogP contribution in [0.25, 0.3) is 0 Å². The third kappa shape index (κ3) is 3.48. The van der Waals surface area contributed by atoms with E-state index in [2.05, 4.69) is 0 Å². The molecular formula is C10H13ClO3S. The van der Waals surface area contributed by atoms with Crippen molar-refractivity contribution in [2.45, 2.75) is 24.8 Å². The van der Waals surface area contributed by atoms with Gasteiger partial charge in [-0.05, 0) is 26.0 Å². The fourth-order valence-corrected chi connectivity index (χ4v) is 2.22. The molecule has 1 aromatic carbocycles. The molecule has 1 unspecified atom stereocenters. The zero-order valence-corrected chi connectivity index (χ0v) is 10.2. The lowest BCUT2D eigenvalue weighted by Gasteiger charge is -2.09. The summed E-state index contributed by atoms with van der Waals surface area (Å²) in [5.74, 6) is 0.144. The van der Waals surface area contributed by atoms with E-state index >= 15 is 0 Å². The molecule has 0 aliphatic heterocycles. The van der Waals surface area contributed by atoms with Crippen LogP contribution in [0.5, 0.6) is 0 Å². The molecule has 0 spiro atoms. The Labute approximate surface area is 95.1 Å². The van der Waals surface area contributed by atoms with Gasteiger partial charge in [-0.2, -0.15) is 8.42 Å². The minimum atomic E-state index is -3.67. The Morgan fingerprint density at radius 3 is 2.33 bits per heavy atom. The first kappa shape index (κ1) is 12.5. The molecule has 0 aromatic heterocycles. The minimum Gasteiger partial charge on any atom is -0.262 e. The SMILES string of the molecule is Cc1ccc(S(=O)(=O)OC(C)CCl)cc1. The van der Waals surface area contributed by atoms with E-state index in [1.807, 2.05) is 6.92 Å². The van der Waals surface area contributed by atoms with E-state index in [0.29, 0.717) is 0 Å². The highest BCUT2D eigenvalue weighted by Gasteiger charge is 2.17. The van der Waals surface area contributed by atoms with Crippen LogP contribution in [0, 0.1) is 6.92 Å². The minimum absolute atomic E-state index is 0.144. The summed E-state index contributed by atoms with van der Waals surface area (Å²) in [5.41, 5.74) is 0.999. The maximum Gasteiger partial charge on any atom is 0.297 e. The smallest absolute Gasteiger partial charge is 0.262 e. The van der Waals surface area contributed by atoms with Crippen molar-refractivity contribution < 1.29 is 12.6 Å². The number of halogens is 1. The fraction of sp³-hybridized carbons (Fsp3) is 0.400. The molecule has 0 radical (unpaired) electrons. The van der Waals surface area contributed by atoms with Crippen LogP contribution in [0.4, 0.5) is 0 Å². The fourth-order valence-electron chi connectivity index (χ4n) is 1.00. The van der Waals surface area contributed by atoms with Crippen molar-refractivity contribution in [1.82, 2.24) is 0 Å². The maximum atomic E-state index is 11.6. The average molecular weight is 249 g/mol. The standard InChI is InChI=1S/C10H13ClO3S/c1-8-3-5-10(6-4-8)15(12,13)14-9(2)7-11/h3-6,9H,7H2,1-2H3. The largest absolute Gasteiger partial charge is 0.297 e. The molecule has 5 heteroatoms. The van der Waals surface area contributed by atoms with Gasteiger partial charge in [0, 0.05) is 5.88 Å². The summed E-state index contributed by atoms with van der Waals surface area (Å²) in [6.45, 7) is 3.50. The summed E-state index contributed by atoms with van der Waals surface area (Å²) in [7, 11) is -3.67. The molecule has 84 valence electrons. The lowest BCUT2D eigenvalue weighted by molar-refractivity contribution is 0.252. The molecule has 0 saturated heterocycles. The first-order valence-corrected chi connectivity index (χ1v) is 6.46. The van der Waals surface area contributed by atoms with Crippen LogP contribution < -0.4 is 0 Å². The zero-order valence-electron chi connectivity index (χ0n) is 8.60. The summed E-state index contributed by atoms with van der Waals surface area (Å²) >= 11 is 5.48. The molecule has 0 saturated carbocycles. The molecule has 1 rings (SSSR count). The van der Waals surface area contributed by atoms with Crippen molar-refractivity contribution in [2.75, 3.05) is 5.88 Å². The van der Waals surface area contributed by atoms with E-state index in [1.54, 1.807) is 19.1 Å². The molecule has 0 bridgehead atoms. The lowest BCUT2D eigenvalue weighted by Crippen LogP contribution is -2.16. The van der Waals surface area contributed by atoms with E-state index in [0.717, 1.165) is 5.56 Å². The molecule has 3 nitrogen and oxygen atoms in total. The number of aryl methyl sites for hydroxylation is 1. The van der Waals surface area contributed by atoms with Crippen LogP contribution in [0.3, 0.4) is 0 Å². The summed E-state index contributed by atoms with van der Waals surface area (Å²) in [6.07, 6.45) is -0.516. The summed E-state index contributed by atoms with van der Waals surface area (Å²) < 4.78 is 28.1. The molecule has 0 aliphatic rings. The normalized spacial score (nSPS) is 13.8. The van der Waals surface area contributed by atoms with Crippen molar-refractivity contribution in [3.8, 4) is 0 Å². The Balaban J connectivity index is 2.91. The average Bonchev–Trinajstić information content (AvgIpc) is 2.17. The second-order valence-electron chi connectivity index (χ2n) is 3.33. The van der Waals surface area contributed by atoms with Gasteiger partial charge in [-0.3, -0.25) is 4.18 Å². The maximum absolute atomic E-state index is 11.6. The molecule has 0 amide bonds. The molecule has 15 heavy (non-hydrogen) atoms. The topological polar surface area (TPSA) is 43.4 Å². The van der Waals surface area contributed by atoms with Gasteiger partial charge in [0.05, 0.1) is 11.0 Å². The third-order valence-corrected chi connectivity index (χ3v) is 3.68. The number of benzene rings is 1. The highest BCUT2D eigenvalue weighted by atomic mass is 35.5. The van der Waals surface area contributed by atoms with Gasteiger partial charge in [0.25, 0.3) is 10.1 Å². The van der Waals surface area contributed by atoms with Gasteiger partial charge in [0.1, 0.15) is 0 Å². The highest BCUT2D eigenvalue weighted by Crippen LogP contribution is 2.15. The molecule has 0 heterocycles. The van der Waals surface area contributed by atoms with E-state index in [4.69, 9.17) is 15.8 Å². The van der Waals surface area contributed by atoms with Gasteiger partial charge in [0.2, 0.25) is 0 Å². The van der Waals surface area contributed by atoms with Gasteiger partial charge in [-0.1, -0.05) is 17.7 Å². The van der Waals surface area contributed by atoms with Crippen LogP contribution in [0.15, 0.2) is 29.2 Å². The first-order chi connectivity index (χ1) is 6.95. The van der Waals surface area contributed by atoms with Crippen LogP contribution >= 0.6 is 11.6 Å². The molecule has 1 aromatic rings. The van der Waals surface area contributed by atoms with E-state index < -0.39 is 16.2 Å². The lowest BCUT2D eigenvalue weighted by atomic mass is 10.2. The van der Waals surface area contributed by atoms with E-state index in [9.17, 15) is 8.42 Å². The summed E-state index contributed by atoms with van der Waals surface area (Å²) in [5, 5.41) is 0. The number of hydrogen-bond acceptors (Lipinski definition) is 3. The van der Waals surface area contributed by atoms with Gasteiger partial charge in [-0.15, -0.1) is 11.6 Å². The Bertz CT molecular complexity index is 411. The van der Waals surface area contributed by atoms with E-state index in [1.165, 1.54) is 12.1 Å². The second kappa shape index (κ2) is 4.96. The Morgan fingerprint density at radius 1 is 1.33 bits per heavy atom. The molecule has 0 aliphatic carbocycles. The van der Waals surface area contributed by atoms with Crippen LogP contribution in [-0.4, -0.2) is 20.4 Å². The third-order valence-electron chi connectivity index (χ3n) is 1.82. The van der Waals surface area contributed by atoms with Crippen LogP contribution in [0.1, 0.15) is 12.5 Å². The van der Waals surface area contributed by atoms with Gasteiger partial charge >= 0.3 is 0 Å². The Hall–Kier alpha value is -0.580. The van der Waals surface area contributed by atoms with Gasteiger partial charge in [-0.25, -0.2) is 0 Å². The number of alkyl halides is 1. The van der Waals surface area contributed by atoms with Gasteiger partial charge < -0.3 is 0 Å². The molecule has 0 N–H and O–H groups in total. The van der Waals surface area contributed by atoms with Crippen LogP contribution in [0.2, 0.25) is 0 Å². The predicted molar refractivity (Wildman–Crippen MR) is 59.6 cm³/mol. The van der Waals surface area contributed by atoms with Crippen molar-refractivity contribution in [3.63, 3.8) is 0 Å². The molecule has 1 atom stereocenters. The van der Waals surface area contributed by atoms with E-state index in [-0.39, 0.29) is 10.8 Å². The van der Waals surface area contributed by atoms with Crippen molar-refractivity contribution in [1.29, 1.82) is 0 Å². The zero-order chi connectivity index (χ0) is 11.5. The first-order valence-electron chi connectivity index (χ1n) is 4.51. The van der Waals surface area contributed by atoms with Crippen molar-refractivity contribution in [3.05, 3.63) is 29.8 Å². The quantitative estimate of drug-likeness (QED) is 0.607. The summed E-state index contributed by atoms with van der Waals surface area (Å²) in [6, 6.07) is 6.49. The highest BCUT2D eigenvalue weighted by molar-refractivity contribution is 7.86. The predicted octanol–water partition coefficient (Wildman–Crippen LogP) is 2.33. The van der Waals surface area contributed by atoms with Crippen LogP contribution in [-0.2, 0) is 14.3 Å². The number of rotatable bonds is 4. The molecule has 0 fully saturated rings. The molecular weight excluding hydrogens is 236 g/mol. The van der Waals surface area contributed by atoms with Crippen molar-refractivity contribution in [2.24, 2.45) is 0 Å². The number of hydrogen-bond donors (Lipinski definition) is 0. The Morgan fingerprint density at radius 2 is 1.87 bits per heavy atom. The monoisotopic (exact) mass is 248 g/mol. The summed E-state index contributed by atoms with van der Waals surface area (Å²) in [4.78, 5) is 0.157. The Kier molecular flexibility index (Phi) is 4.13. The second-order valence-corrected chi connectivity index (χ2v) is 5.21. The van der Waals surface area contributed by atoms with Gasteiger partial charge in [0.15, 0.2) is 0 Å².